The SMILES string of the molecule is CC(C)[C@H](CO)NC(=O)[C@@H](C(C)C)N1Cc2ccccc2C1=O. The molecule has 23 heavy (non-hydrogen) atoms. The first-order chi connectivity index (χ1) is 10.9. The van der Waals surface area contributed by atoms with Crippen molar-refractivity contribution >= 4 is 11.8 Å². The maximum absolute atomic E-state index is 12.7. The molecule has 0 fully saturated rings. The van der Waals surface area contributed by atoms with Crippen molar-refractivity contribution in [3.63, 3.8) is 0 Å². The van der Waals surface area contributed by atoms with Crippen molar-refractivity contribution in [1.82, 2.24) is 10.2 Å². The molecule has 0 aromatic heterocycles. The number of amides is 2. The number of nitrogens with one attached hydrogen (secondary N) is 1. The Bertz CT molecular complexity index is 583. The van der Waals surface area contributed by atoms with Crippen molar-refractivity contribution in [2.75, 3.05) is 6.61 Å². The van der Waals surface area contributed by atoms with Crippen LogP contribution in [-0.4, -0.2) is 40.5 Å². The highest BCUT2D eigenvalue weighted by Gasteiger charge is 2.38. The summed E-state index contributed by atoms with van der Waals surface area (Å²) in [5.41, 5.74) is 1.63. The summed E-state index contributed by atoms with van der Waals surface area (Å²) in [5, 5.41) is 12.3. The lowest BCUT2D eigenvalue weighted by molar-refractivity contribution is -0.128. The van der Waals surface area contributed by atoms with E-state index in [9.17, 15) is 14.7 Å². The van der Waals surface area contributed by atoms with E-state index in [4.69, 9.17) is 0 Å². The van der Waals surface area contributed by atoms with Gasteiger partial charge in [0.1, 0.15) is 6.04 Å². The van der Waals surface area contributed by atoms with Gasteiger partial charge in [0.15, 0.2) is 0 Å². The van der Waals surface area contributed by atoms with Gasteiger partial charge in [0, 0.05) is 12.1 Å². The molecular weight excluding hydrogens is 292 g/mol. The van der Waals surface area contributed by atoms with Crippen LogP contribution in [0.4, 0.5) is 0 Å². The average molecular weight is 318 g/mol. The van der Waals surface area contributed by atoms with E-state index in [2.05, 4.69) is 5.32 Å². The highest BCUT2D eigenvalue weighted by atomic mass is 16.3. The molecule has 126 valence electrons. The van der Waals surface area contributed by atoms with Crippen LogP contribution < -0.4 is 5.32 Å². The first-order valence-corrected chi connectivity index (χ1v) is 8.17. The summed E-state index contributed by atoms with van der Waals surface area (Å²) in [5.74, 6) is -0.184. The maximum atomic E-state index is 12.7. The van der Waals surface area contributed by atoms with Gasteiger partial charge in [-0.2, -0.15) is 0 Å². The third-order valence-electron chi connectivity index (χ3n) is 4.41. The molecule has 5 nitrogen and oxygen atoms in total. The monoisotopic (exact) mass is 318 g/mol. The van der Waals surface area contributed by atoms with Crippen LogP contribution in [0.5, 0.6) is 0 Å². The smallest absolute Gasteiger partial charge is 0.255 e. The molecular formula is C18H26N2O3. The largest absolute Gasteiger partial charge is 0.394 e. The number of carbonyl (C=O) groups excluding carboxylic acids is 2. The molecule has 0 saturated carbocycles. The number of carbonyl (C=O) groups is 2. The number of benzene rings is 1. The summed E-state index contributed by atoms with van der Waals surface area (Å²) in [7, 11) is 0. The molecule has 1 aromatic rings. The zero-order chi connectivity index (χ0) is 17.1. The van der Waals surface area contributed by atoms with Crippen LogP contribution in [0.25, 0.3) is 0 Å². The molecule has 0 unspecified atom stereocenters. The lowest BCUT2D eigenvalue weighted by atomic mass is 9.99. The summed E-state index contributed by atoms with van der Waals surface area (Å²) in [4.78, 5) is 27.0. The third kappa shape index (κ3) is 3.55. The van der Waals surface area contributed by atoms with Gasteiger partial charge in [-0.15, -0.1) is 0 Å². The first kappa shape index (κ1) is 17.5. The van der Waals surface area contributed by atoms with Gasteiger partial charge in [0.25, 0.3) is 5.91 Å². The van der Waals surface area contributed by atoms with Crippen LogP contribution in [0.15, 0.2) is 24.3 Å². The second-order valence-electron chi connectivity index (χ2n) is 6.82. The van der Waals surface area contributed by atoms with Crippen molar-refractivity contribution in [2.24, 2.45) is 11.8 Å². The zero-order valence-electron chi connectivity index (χ0n) is 14.2. The van der Waals surface area contributed by atoms with Gasteiger partial charge < -0.3 is 15.3 Å². The Hall–Kier alpha value is -1.88. The fraction of sp³-hybridized carbons (Fsp3) is 0.556. The summed E-state index contributed by atoms with van der Waals surface area (Å²) in [6.07, 6.45) is 0. The molecule has 0 aliphatic carbocycles. The zero-order valence-corrected chi connectivity index (χ0v) is 14.2. The van der Waals surface area contributed by atoms with Crippen molar-refractivity contribution in [3.8, 4) is 0 Å². The number of hydrogen-bond donors (Lipinski definition) is 2. The van der Waals surface area contributed by atoms with E-state index >= 15 is 0 Å². The van der Waals surface area contributed by atoms with Crippen molar-refractivity contribution in [2.45, 2.75) is 46.3 Å². The Morgan fingerprint density at radius 2 is 1.87 bits per heavy atom. The van der Waals surface area contributed by atoms with Crippen LogP contribution in [0, 0.1) is 11.8 Å². The predicted octanol–water partition coefficient (Wildman–Crippen LogP) is 1.80. The van der Waals surface area contributed by atoms with Crippen LogP contribution in [0.1, 0.15) is 43.6 Å². The van der Waals surface area contributed by atoms with Gasteiger partial charge in [0.05, 0.1) is 12.6 Å². The summed E-state index contributed by atoms with van der Waals surface area (Å²) in [6, 6.07) is 6.63. The minimum absolute atomic E-state index is 0.0141. The number of aliphatic hydroxyl groups excluding tert-OH is 1. The molecule has 1 aromatic carbocycles. The fourth-order valence-electron chi connectivity index (χ4n) is 3.00. The van der Waals surface area contributed by atoms with E-state index in [1.807, 2.05) is 45.9 Å². The second-order valence-corrected chi connectivity index (χ2v) is 6.82. The Kier molecular flexibility index (Phi) is 5.42. The van der Waals surface area contributed by atoms with Gasteiger partial charge in [-0.1, -0.05) is 45.9 Å². The van der Waals surface area contributed by atoms with Gasteiger partial charge in [-0.05, 0) is 23.5 Å². The minimum atomic E-state index is -0.539. The third-order valence-corrected chi connectivity index (χ3v) is 4.41. The molecule has 0 radical (unpaired) electrons. The van der Waals surface area contributed by atoms with E-state index in [-0.39, 0.29) is 36.3 Å². The Balaban J connectivity index is 2.20. The molecule has 5 heteroatoms. The minimum Gasteiger partial charge on any atom is -0.394 e. The molecule has 2 atom stereocenters. The van der Waals surface area contributed by atoms with E-state index in [0.29, 0.717) is 12.1 Å². The standard InChI is InChI=1S/C18H26N2O3/c1-11(2)15(10-21)19-17(22)16(12(3)4)20-9-13-7-5-6-8-14(13)18(20)23/h5-8,11-12,15-16,21H,9-10H2,1-4H3,(H,19,22)/t15-,16+/m0/s1. The van der Waals surface area contributed by atoms with Crippen LogP contribution in [0.3, 0.4) is 0 Å². The number of hydrogen-bond acceptors (Lipinski definition) is 3. The fourth-order valence-corrected chi connectivity index (χ4v) is 3.00. The first-order valence-electron chi connectivity index (χ1n) is 8.17. The summed E-state index contributed by atoms with van der Waals surface area (Å²) >= 11 is 0. The Morgan fingerprint density at radius 3 is 2.39 bits per heavy atom. The molecule has 2 amide bonds. The van der Waals surface area contributed by atoms with Crippen LogP contribution in [0.2, 0.25) is 0 Å². The number of nitrogens with zero attached hydrogens (tertiary/aromatic N) is 1. The second kappa shape index (κ2) is 7.13. The average Bonchev–Trinajstić information content (AvgIpc) is 2.82. The lowest BCUT2D eigenvalue weighted by Gasteiger charge is -2.32. The number of rotatable bonds is 6. The van der Waals surface area contributed by atoms with Crippen LogP contribution in [-0.2, 0) is 11.3 Å². The van der Waals surface area contributed by atoms with Crippen molar-refractivity contribution in [1.29, 1.82) is 0 Å². The molecule has 2 N–H and O–H groups in total. The van der Waals surface area contributed by atoms with Gasteiger partial charge in [0.2, 0.25) is 5.91 Å². The van der Waals surface area contributed by atoms with E-state index in [0.717, 1.165) is 5.56 Å². The molecule has 1 aliphatic rings. The Labute approximate surface area is 137 Å². The molecule has 2 rings (SSSR count). The summed E-state index contributed by atoms with van der Waals surface area (Å²) < 4.78 is 0. The summed E-state index contributed by atoms with van der Waals surface area (Å²) in [6.45, 7) is 8.11. The van der Waals surface area contributed by atoms with Gasteiger partial charge in [-0.25, -0.2) is 0 Å². The van der Waals surface area contributed by atoms with E-state index < -0.39 is 6.04 Å². The lowest BCUT2D eigenvalue weighted by Crippen LogP contribution is -2.54. The number of fused-ring (bicyclic) bond motifs is 1. The van der Waals surface area contributed by atoms with Crippen LogP contribution >= 0.6 is 0 Å². The topological polar surface area (TPSA) is 69.6 Å². The molecule has 0 saturated heterocycles. The maximum Gasteiger partial charge on any atom is 0.255 e. The predicted molar refractivity (Wildman–Crippen MR) is 88.8 cm³/mol. The van der Waals surface area contributed by atoms with Gasteiger partial charge in [-0.3, -0.25) is 9.59 Å². The van der Waals surface area contributed by atoms with E-state index in [1.54, 1.807) is 11.0 Å². The highest BCUT2D eigenvalue weighted by molar-refractivity contribution is 6.01. The van der Waals surface area contributed by atoms with Crippen molar-refractivity contribution < 1.29 is 14.7 Å². The van der Waals surface area contributed by atoms with Crippen molar-refractivity contribution in [3.05, 3.63) is 35.4 Å². The number of aliphatic hydroxyl groups is 1. The van der Waals surface area contributed by atoms with Gasteiger partial charge >= 0.3 is 0 Å². The molecule has 1 aliphatic heterocycles. The van der Waals surface area contributed by atoms with E-state index in [1.165, 1.54) is 0 Å². The Morgan fingerprint density at radius 1 is 1.22 bits per heavy atom. The highest BCUT2D eigenvalue weighted by Crippen LogP contribution is 2.27. The molecule has 0 spiro atoms. The quantitative estimate of drug-likeness (QED) is 0.840. The molecule has 0 bridgehead atoms. The molecule has 1 heterocycles. The normalized spacial score (nSPS) is 16.7.